The van der Waals surface area contributed by atoms with Gasteiger partial charge in [-0.25, -0.2) is 0 Å². The van der Waals surface area contributed by atoms with Gasteiger partial charge in [0.25, 0.3) is 0 Å². The first-order chi connectivity index (χ1) is 8.93. The first-order valence-electron chi connectivity index (χ1n) is 6.64. The standard InChI is InChI=1S/C15H25NO3/c1-5-13(16-15(2,3)10-17)14(18)11-6-8-12(19-4)9-7-11/h6-9,13-14,16-18H,5,10H2,1-4H3. The first kappa shape index (κ1) is 16.0. The van der Waals surface area contributed by atoms with E-state index < -0.39 is 11.6 Å². The highest BCUT2D eigenvalue weighted by Crippen LogP contribution is 2.23. The monoisotopic (exact) mass is 267 g/mol. The summed E-state index contributed by atoms with van der Waals surface area (Å²) in [6.07, 6.45) is 0.165. The van der Waals surface area contributed by atoms with Crippen molar-refractivity contribution in [3.63, 3.8) is 0 Å². The molecule has 0 aliphatic rings. The molecule has 0 saturated carbocycles. The molecule has 0 spiro atoms. The Morgan fingerprint density at radius 1 is 1.26 bits per heavy atom. The van der Waals surface area contributed by atoms with E-state index in [-0.39, 0.29) is 12.6 Å². The molecule has 1 aromatic carbocycles. The Labute approximate surface area is 115 Å². The van der Waals surface area contributed by atoms with Crippen LogP contribution < -0.4 is 10.1 Å². The van der Waals surface area contributed by atoms with Crippen LogP contribution in [0.1, 0.15) is 38.9 Å². The van der Waals surface area contributed by atoms with Gasteiger partial charge in [-0.15, -0.1) is 0 Å². The van der Waals surface area contributed by atoms with Crippen LogP contribution in [0, 0.1) is 0 Å². The third-order valence-corrected chi connectivity index (χ3v) is 3.25. The SMILES string of the molecule is CCC(NC(C)(C)CO)C(O)c1ccc(OC)cc1. The van der Waals surface area contributed by atoms with E-state index >= 15 is 0 Å². The van der Waals surface area contributed by atoms with Gasteiger partial charge in [0.15, 0.2) is 0 Å². The summed E-state index contributed by atoms with van der Waals surface area (Å²) < 4.78 is 5.10. The minimum Gasteiger partial charge on any atom is -0.497 e. The highest BCUT2D eigenvalue weighted by molar-refractivity contribution is 5.29. The number of hydrogen-bond donors (Lipinski definition) is 3. The topological polar surface area (TPSA) is 61.7 Å². The number of rotatable bonds is 7. The maximum Gasteiger partial charge on any atom is 0.118 e. The van der Waals surface area contributed by atoms with E-state index in [2.05, 4.69) is 5.32 Å². The quantitative estimate of drug-likeness (QED) is 0.706. The van der Waals surface area contributed by atoms with E-state index in [1.165, 1.54) is 0 Å². The van der Waals surface area contributed by atoms with Gasteiger partial charge >= 0.3 is 0 Å². The van der Waals surface area contributed by atoms with E-state index in [0.29, 0.717) is 0 Å². The van der Waals surface area contributed by atoms with Gasteiger partial charge < -0.3 is 20.3 Å². The molecular formula is C15H25NO3. The Morgan fingerprint density at radius 2 is 1.84 bits per heavy atom. The van der Waals surface area contributed by atoms with Crippen LogP contribution >= 0.6 is 0 Å². The van der Waals surface area contributed by atoms with Crippen molar-refractivity contribution in [2.24, 2.45) is 0 Å². The molecule has 2 atom stereocenters. The number of aliphatic hydroxyl groups excluding tert-OH is 2. The van der Waals surface area contributed by atoms with E-state index in [0.717, 1.165) is 17.7 Å². The van der Waals surface area contributed by atoms with Crippen molar-refractivity contribution in [1.82, 2.24) is 5.32 Å². The molecule has 0 heterocycles. The lowest BCUT2D eigenvalue weighted by molar-refractivity contribution is 0.0898. The van der Waals surface area contributed by atoms with Gasteiger partial charge in [0.1, 0.15) is 5.75 Å². The van der Waals surface area contributed by atoms with Crippen LogP contribution in [0.4, 0.5) is 0 Å². The molecule has 0 aliphatic carbocycles. The highest BCUT2D eigenvalue weighted by Gasteiger charge is 2.26. The third kappa shape index (κ3) is 4.49. The molecule has 0 bridgehead atoms. The molecule has 4 nitrogen and oxygen atoms in total. The molecule has 0 aromatic heterocycles. The van der Waals surface area contributed by atoms with Crippen molar-refractivity contribution < 1.29 is 14.9 Å². The van der Waals surface area contributed by atoms with Crippen LogP contribution in [-0.4, -0.2) is 35.5 Å². The van der Waals surface area contributed by atoms with Crippen molar-refractivity contribution in [2.75, 3.05) is 13.7 Å². The van der Waals surface area contributed by atoms with Crippen LogP contribution in [0.25, 0.3) is 0 Å². The number of aliphatic hydroxyl groups is 2. The normalized spacial score (nSPS) is 15.1. The van der Waals surface area contributed by atoms with Gasteiger partial charge in [0.2, 0.25) is 0 Å². The Bertz CT molecular complexity index is 375. The molecule has 108 valence electrons. The minimum atomic E-state index is -0.610. The number of nitrogens with one attached hydrogen (secondary N) is 1. The highest BCUT2D eigenvalue weighted by atomic mass is 16.5. The molecule has 0 radical (unpaired) electrons. The summed E-state index contributed by atoms with van der Waals surface area (Å²) >= 11 is 0. The van der Waals surface area contributed by atoms with Crippen molar-refractivity contribution in [2.45, 2.75) is 44.9 Å². The fourth-order valence-electron chi connectivity index (χ4n) is 1.99. The van der Waals surface area contributed by atoms with Gasteiger partial charge in [-0.05, 0) is 38.0 Å². The number of ether oxygens (including phenoxy) is 1. The van der Waals surface area contributed by atoms with E-state index in [1.54, 1.807) is 7.11 Å². The second-order valence-electron chi connectivity index (χ2n) is 5.42. The number of methoxy groups -OCH3 is 1. The molecule has 0 aliphatic heterocycles. The van der Waals surface area contributed by atoms with Crippen molar-refractivity contribution >= 4 is 0 Å². The van der Waals surface area contributed by atoms with E-state index in [4.69, 9.17) is 4.74 Å². The lowest BCUT2D eigenvalue weighted by Gasteiger charge is -2.32. The third-order valence-electron chi connectivity index (χ3n) is 3.25. The lowest BCUT2D eigenvalue weighted by atomic mass is 9.96. The van der Waals surface area contributed by atoms with Gasteiger partial charge in [0.05, 0.1) is 19.8 Å². The minimum absolute atomic E-state index is 0.0266. The summed E-state index contributed by atoms with van der Waals surface area (Å²) in [4.78, 5) is 0. The predicted octanol–water partition coefficient (Wildman–Crippen LogP) is 1.87. The fourth-order valence-corrected chi connectivity index (χ4v) is 1.99. The van der Waals surface area contributed by atoms with Crippen molar-refractivity contribution in [1.29, 1.82) is 0 Å². The van der Waals surface area contributed by atoms with Crippen LogP contribution in [0.15, 0.2) is 24.3 Å². The van der Waals surface area contributed by atoms with Gasteiger partial charge in [0, 0.05) is 11.6 Å². The second kappa shape index (κ2) is 6.89. The van der Waals surface area contributed by atoms with Crippen molar-refractivity contribution in [3.8, 4) is 5.75 Å². The van der Waals surface area contributed by atoms with Crippen LogP contribution in [-0.2, 0) is 0 Å². The summed E-state index contributed by atoms with van der Waals surface area (Å²) in [7, 11) is 1.62. The molecule has 3 N–H and O–H groups in total. The van der Waals surface area contributed by atoms with Gasteiger partial charge in [-0.2, -0.15) is 0 Å². The molecule has 0 saturated heterocycles. The van der Waals surface area contributed by atoms with E-state index in [9.17, 15) is 10.2 Å². The summed E-state index contributed by atoms with van der Waals surface area (Å²) in [6, 6.07) is 7.29. The second-order valence-corrected chi connectivity index (χ2v) is 5.42. The summed E-state index contributed by atoms with van der Waals surface area (Å²) in [5.41, 5.74) is 0.433. The summed E-state index contributed by atoms with van der Waals surface area (Å²) in [5, 5.41) is 23.0. The molecule has 2 unspecified atom stereocenters. The maximum absolute atomic E-state index is 10.4. The maximum atomic E-state index is 10.4. The Balaban J connectivity index is 2.79. The average molecular weight is 267 g/mol. The predicted molar refractivity (Wildman–Crippen MR) is 76.3 cm³/mol. The summed E-state index contributed by atoms with van der Waals surface area (Å²) in [6.45, 7) is 5.86. The fraction of sp³-hybridized carbons (Fsp3) is 0.600. The van der Waals surface area contributed by atoms with E-state index in [1.807, 2.05) is 45.0 Å². The molecular weight excluding hydrogens is 242 g/mol. The Kier molecular flexibility index (Phi) is 5.79. The average Bonchev–Trinajstić information content (AvgIpc) is 2.44. The zero-order valence-electron chi connectivity index (χ0n) is 12.2. The Morgan fingerprint density at radius 3 is 2.26 bits per heavy atom. The Hall–Kier alpha value is -1.10. The molecule has 1 rings (SSSR count). The van der Waals surface area contributed by atoms with Crippen molar-refractivity contribution in [3.05, 3.63) is 29.8 Å². The van der Waals surface area contributed by atoms with Crippen LogP contribution in [0.3, 0.4) is 0 Å². The molecule has 4 heteroatoms. The summed E-state index contributed by atoms with van der Waals surface area (Å²) in [5.74, 6) is 0.771. The van der Waals surface area contributed by atoms with Crippen LogP contribution in [0.2, 0.25) is 0 Å². The van der Waals surface area contributed by atoms with Crippen LogP contribution in [0.5, 0.6) is 5.75 Å². The molecule has 0 fully saturated rings. The lowest BCUT2D eigenvalue weighted by Crippen LogP contribution is -2.50. The zero-order valence-corrected chi connectivity index (χ0v) is 12.2. The number of hydrogen-bond acceptors (Lipinski definition) is 4. The molecule has 0 amide bonds. The molecule has 1 aromatic rings. The molecule has 19 heavy (non-hydrogen) atoms. The smallest absolute Gasteiger partial charge is 0.118 e. The van der Waals surface area contributed by atoms with Gasteiger partial charge in [-0.1, -0.05) is 19.1 Å². The van der Waals surface area contributed by atoms with Gasteiger partial charge in [-0.3, -0.25) is 0 Å². The number of benzene rings is 1. The largest absolute Gasteiger partial charge is 0.497 e. The zero-order chi connectivity index (χ0) is 14.5. The first-order valence-corrected chi connectivity index (χ1v) is 6.64.